The number of alkyl carbamates (subject to hydrolysis) is 1. The van der Waals surface area contributed by atoms with Crippen LogP contribution in [0.1, 0.15) is 22.6 Å². The van der Waals surface area contributed by atoms with E-state index in [1.807, 2.05) is 24.3 Å². The molecule has 5 nitrogen and oxygen atoms in total. The van der Waals surface area contributed by atoms with Crippen LogP contribution in [0.5, 0.6) is 5.88 Å². The number of methoxy groups -OCH3 is 1. The van der Waals surface area contributed by atoms with Crippen LogP contribution >= 0.6 is 11.6 Å². The van der Waals surface area contributed by atoms with Gasteiger partial charge in [-0.05, 0) is 28.3 Å². The summed E-state index contributed by atoms with van der Waals surface area (Å²) >= 11 is 5.94. The summed E-state index contributed by atoms with van der Waals surface area (Å²) in [7, 11) is 1.51. The SMILES string of the molecule is COc1ncc(Cl)cc1C#CCNC(=O)OCC1c2ccccc2-c2ccccc21. The number of aromatic nitrogens is 1. The van der Waals surface area contributed by atoms with Crippen LogP contribution < -0.4 is 10.1 Å². The van der Waals surface area contributed by atoms with Gasteiger partial charge in [0.2, 0.25) is 5.88 Å². The van der Waals surface area contributed by atoms with Crippen molar-refractivity contribution in [2.24, 2.45) is 0 Å². The molecular formula is C24H19ClN2O3. The van der Waals surface area contributed by atoms with Crippen LogP contribution in [0.2, 0.25) is 5.02 Å². The molecule has 1 aromatic heterocycles. The summed E-state index contributed by atoms with van der Waals surface area (Å²) in [5.41, 5.74) is 5.28. The van der Waals surface area contributed by atoms with Gasteiger partial charge in [0.05, 0.1) is 24.2 Å². The number of nitrogens with zero attached hydrogens (tertiary/aromatic N) is 1. The molecule has 0 radical (unpaired) electrons. The summed E-state index contributed by atoms with van der Waals surface area (Å²) in [4.78, 5) is 16.2. The molecule has 150 valence electrons. The minimum atomic E-state index is -0.512. The van der Waals surface area contributed by atoms with Crippen LogP contribution in [-0.2, 0) is 4.74 Å². The van der Waals surface area contributed by atoms with Crippen molar-refractivity contribution in [2.75, 3.05) is 20.3 Å². The number of halogens is 1. The number of pyridine rings is 1. The molecule has 0 saturated heterocycles. The molecule has 0 saturated carbocycles. The van der Waals surface area contributed by atoms with Gasteiger partial charge in [-0.25, -0.2) is 9.78 Å². The minimum absolute atomic E-state index is 0.0241. The molecule has 3 aromatic rings. The lowest BCUT2D eigenvalue weighted by atomic mass is 9.98. The van der Waals surface area contributed by atoms with E-state index in [1.54, 1.807) is 6.07 Å². The van der Waals surface area contributed by atoms with Gasteiger partial charge in [0, 0.05) is 12.1 Å². The van der Waals surface area contributed by atoms with Crippen LogP contribution in [0.3, 0.4) is 0 Å². The van der Waals surface area contributed by atoms with Crippen molar-refractivity contribution >= 4 is 17.7 Å². The lowest BCUT2D eigenvalue weighted by Crippen LogP contribution is -2.26. The number of carbonyl (C=O) groups is 1. The van der Waals surface area contributed by atoms with E-state index in [-0.39, 0.29) is 19.1 Å². The topological polar surface area (TPSA) is 60.5 Å². The van der Waals surface area contributed by atoms with Crippen LogP contribution in [0.4, 0.5) is 4.79 Å². The summed E-state index contributed by atoms with van der Waals surface area (Å²) in [6, 6.07) is 18.1. The summed E-state index contributed by atoms with van der Waals surface area (Å²) in [5.74, 6) is 6.15. The third kappa shape index (κ3) is 4.10. The number of amides is 1. The van der Waals surface area contributed by atoms with Crippen molar-refractivity contribution in [1.82, 2.24) is 10.3 Å². The first-order chi connectivity index (χ1) is 14.7. The predicted octanol–water partition coefficient (Wildman–Crippen LogP) is 4.63. The van der Waals surface area contributed by atoms with Crippen molar-refractivity contribution in [1.29, 1.82) is 0 Å². The highest BCUT2D eigenvalue weighted by molar-refractivity contribution is 6.30. The number of carbonyl (C=O) groups excluding carboxylic acids is 1. The highest BCUT2D eigenvalue weighted by atomic mass is 35.5. The van der Waals surface area contributed by atoms with Gasteiger partial charge in [-0.2, -0.15) is 0 Å². The van der Waals surface area contributed by atoms with Crippen molar-refractivity contribution in [3.8, 4) is 28.8 Å². The fourth-order valence-corrected chi connectivity index (χ4v) is 3.74. The molecule has 0 atom stereocenters. The number of ether oxygens (including phenoxy) is 2. The third-order valence-electron chi connectivity index (χ3n) is 4.90. The Kier molecular flexibility index (Phi) is 5.87. The Balaban J connectivity index is 1.36. The molecule has 0 bridgehead atoms. The molecule has 30 heavy (non-hydrogen) atoms. The third-order valence-corrected chi connectivity index (χ3v) is 5.11. The first-order valence-electron chi connectivity index (χ1n) is 9.44. The zero-order valence-corrected chi connectivity index (χ0v) is 17.1. The Labute approximate surface area is 180 Å². The van der Waals surface area contributed by atoms with Crippen LogP contribution in [0.25, 0.3) is 11.1 Å². The van der Waals surface area contributed by atoms with Gasteiger partial charge >= 0.3 is 6.09 Å². The highest BCUT2D eigenvalue weighted by Crippen LogP contribution is 2.44. The quantitative estimate of drug-likeness (QED) is 0.627. The monoisotopic (exact) mass is 418 g/mol. The Bertz CT molecular complexity index is 1100. The number of fused-ring (bicyclic) bond motifs is 3. The minimum Gasteiger partial charge on any atom is -0.480 e. The van der Waals surface area contributed by atoms with E-state index in [1.165, 1.54) is 35.6 Å². The second-order valence-corrected chi connectivity index (χ2v) is 7.13. The fraction of sp³-hybridized carbons (Fsp3) is 0.167. The van der Waals surface area contributed by atoms with Crippen LogP contribution in [-0.4, -0.2) is 31.3 Å². The Morgan fingerprint density at radius 1 is 1.13 bits per heavy atom. The number of hydrogen-bond donors (Lipinski definition) is 1. The lowest BCUT2D eigenvalue weighted by molar-refractivity contribution is 0.144. The maximum atomic E-state index is 12.2. The molecule has 1 aliphatic carbocycles. The molecular weight excluding hydrogens is 400 g/mol. The van der Waals surface area contributed by atoms with Gasteiger partial charge in [-0.15, -0.1) is 0 Å². The summed E-state index contributed by atoms with van der Waals surface area (Å²) < 4.78 is 10.6. The number of rotatable bonds is 4. The molecule has 1 aliphatic rings. The maximum Gasteiger partial charge on any atom is 0.407 e. The zero-order valence-electron chi connectivity index (χ0n) is 16.3. The summed E-state index contributed by atoms with van der Waals surface area (Å²) in [5, 5.41) is 3.11. The molecule has 4 rings (SSSR count). The van der Waals surface area contributed by atoms with E-state index in [0.29, 0.717) is 16.5 Å². The van der Waals surface area contributed by atoms with Crippen molar-refractivity contribution in [2.45, 2.75) is 5.92 Å². The zero-order chi connectivity index (χ0) is 20.9. The lowest BCUT2D eigenvalue weighted by Gasteiger charge is -2.14. The number of nitrogens with one attached hydrogen (secondary N) is 1. The van der Waals surface area contributed by atoms with E-state index in [0.717, 1.165) is 0 Å². The Morgan fingerprint density at radius 2 is 1.80 bits per heavy atom. The second kappa shape index (κ2) is 8.89. The van der Waals surface area contributed by atoms with Gasteiger partial charge in [-0.1, -0.05) is 72.0 Å². The molecule has 0 fully saturated rings. The first kappa shape index (κ1) is 19.8. The molecule has 6 heteroatoms. The highest BCUT2D eigenvalue weighted by Gasteiger charge is 2.28. The summed E-state index contributed by atoms with van der Waals surface area (Å²) in [6.07, 6.45) is 0.975. The average Bonchev–Trinajstić information content (AvgIpc) is 3.09. The molecule has 1 N–H and O–H groups in total. The van der Waals surface area contributed by atoms with Crippen molar-refractivity contribution in [3.63, 3.8) is 0 Å². The van der Waals surface area contributed by atoms with Crippen LogP contribution in [0, 0.1) is 11.8 Å². The van der Waals surface area contributed by atoms with Crippen molar-refractivity contribution in [3.05, 3.63) is 82.5 Å². The molecule has 1 heterocycles. The maximum absolute atomic E-state index is 12.2. The van der Waals surface area contributed by atoms with E-state index in [9.17, 15) is 4.79 Å². The van der Waals surface area contributed by atoms with E-state index < -0.39 is 6.09 Å². The number of benzene rings is 2. The van der Waals surface area contributed by atoms with Gasteiger partial charge in [0.1, 0.15) is 6.61 Å². The average molecular weight is 419 g/mol. The van der Waals surface area contributed by atoms with Gasteiger partial charge in [0.25, 0.3) is 0 Å². The molecule has 1 amide bonds. The van der Waals surface area contributed by atoms with E-state index in [2.05, 4.69) is 46.4 Å². The van der Waals surface area contributed by atoms with Gasteiger partial charge < -0.3 is 14.8 Å². The molecule has 2 aromatic carbocycles. The van der Waals surface area contributed by atoms with Crippen LogP contribution in [0.15, 0.2) is 60.8 Å². The van der Waals surface area contributed by atoms with Gasteiger partial charge in [0.15, 0.2) is 0 Å². The normalized spacial score (nSPS) is 11.7. The van der Waals surface area contributed by atoms with Crippen molar-refractivity contribution < 1.29 is 14.3 Å². The predicted molar refractivity (Wildman–Crippen MR) is 116 cm³/mol. The molecule has 0 spiro atoms. The second-order valence-electron chi connectivity index (χ2n) is 6.69. The molecule has 0 aliphatic heterocycles. The standard InChI is InChI=1S/C24H19ClN2O3/c1-29-23-16(13-17(25)14-27-23)7-6-12-26-24(28)30-15-22-20-10-4-2-8-18(20)19-9-3-5-11-21(19)22/h2-5,8-11,13-14,22H,12,15H2,1H3,(H,26,28). The summed E-state index contributed by atoms with van der Waals surface area (Å²) in [6.45, 7) is 0.395. The molecule has 0 unspecified atom stereocenters. The van der Waals surface area contributed by atoms with Gasteiger partial charge in [-0.3, -0.25) is 0 Å². The largest absolute Gasteiger partial charge is 0.480 e. The smallest absolute Gasteiger partial charge is 0.407 e. The Hall–Kier alpha value is -3.49. The van der Waals surface area contributed by atoms with E-state index >= 15 is 0 Å². The number of hydrogen-bond acceptors (Lipinski definition) is 4. The van der Waals surface area contributed by atoms with E-state index in [4.69, 9.17) is 21.1 Å². The fourth-order valence-electron chi connectivity index (χ4n) is 3.58. The first-order valence-corrected chi connectivity index (χ1v) is 9.82. The Morgan fingerprint density at radius 3 is 2.47 bits per heavy atom.